The molecule has 3 N–H and O–H groups in total. The number of sulfonamides is 1. The van der Waals surface area contributed by atoms with E-state index >= 15 is 0 Å². The van der Waals surface area contributed by atoms with Gasteiger partial charge in [0.2, 0.25) is 10.0 Å². The molecule has 0 saturated heterocycles. The molecular formula is C15H15ClN2O4S. The van der Waals surface area contributed by atoms with Gasteiger partial charge in [-0.25, -0.2) is 13.6 Å². The molecule has 0 bridgehead atoms. The van der Waals surface area contributed by atoms with Crippen LogP contribution in [0, 0.1) is 6.92 Å². The van der Waals surface area contributed by atoms with Crippen LogP contribution in [0.3, 0.4) is 0 Å². The Bertz CT molecular complexity index is 889. The van der Waals surface area contributed by atoms with Crippen molar-refractivity contribution in [2.45, 2.75) is 30.7 Å². The van der Waals surface area contributed by atoms with E-state index in [1.54, 1.807) is 6.07 Å². The van der Waals surface area contributed by atoms with Crippen molar-refractivity contribution < 1.29 is 17.6 Å². The lowest BCUT2D eigenvalue weighted by Crippen LogP contribution is -2.26. The van der Waals surface area contributed by atoms with E-state index in [-0.39, 0.29) is 22.5 Å². The van der Waals surface area contributed by atoms with Crippen LogP contribution in [0.5, 0.6) is 0 Å². The largest absolute Gasteiger partial charge is 0.455 e. The van der Waals surface area contributed by atoms with Crippen molar-refractivity contribution in [3.05, 3.63) is 51.9 Å². The molecule has 0 spiro atoms. The molecule has 1 aromatic heterocycles. The Labute approximate surface area is 138 Å². The van der Waals surface area contributed by atoms with Crippen LogP contribution in [0.2, 0.25) is 5.02 Å². The van der Waals surface area contributed by atoms with Crippen molar-refractivity contribution >= 4 is 27.5 Å². The summed E-state index contributed by atoms with van der Waals surface area (Å²) in [6.45, 7) is 1.45. The summed E-state index contributed by atoms with van der Waals surface area (Å²) in [5, 5.41) is 8.59. The number of hydrogen-bond acceptors (Lipinski definition) is 4. The normalized spacial score (nSPS) is 17.1. The lowest BCUT2D eigenvalue weighted by molar-refractivity contribution is 0.0907. The molecule has 8 heteroatoms. The minimum absolute atomic E-state index is 0.0751. The van der Waals surface area contributed by atoms with Gasteiger partial charge < -0.3 is 9.73 Å². The average molecular weight is 355 g/mol. The van der Waals surface area contributed by atoms with Crippen molar-refractivity contribution in [1.82, 2.24) is 5.32 Å². The predicted octanol–water partition coefficient (Wildman–Crippen LogP) is 2.31. The van der Waals surface area contributed by atoms with Gasteiger partial charge in [0.05, 0.1) is 6.04 Å². The van der Waals surface area contributed by atoms with E-state index in [4.69, 9.17) is 21.2 Å². The molecule has 0 unspecified atom stereocenters. The maximum atomic E-state index is 12.3. The fourth-order valence-corrected chi connectivity index (χ4v) is 3.73. The van der Waals surface area contributed by atoms with Gasteiger partial charge in [0.15, 0.2) is 5.76 Å². The third-order valence-electron chi connectivity index (χ3n) is 3.89. The molecule has 1 aliphatic rings. The number of hydrogen-bond donors (Lipinski definition) is 2. The molecule has 1 aromatic carbocycles. The summed E-state index contributed by atoms with van der Waals surface area (Å²) >= 11 is 5.96. The van der Waals surface area contributed by atoms with Gasteiger partial charge in [0, 0.05) is 11.1 Å². The minimum Gasteiger partial charge on any atom is -0.455 e. The third-order valence-corrected chi connectivity index (χ3v) is 5.14. The smallest absolute Gasteiger partial charge is 0.287 e. The summed E-state index contributed by atoms with van der Waals surface area (Å²) in [5.74, 6) is -0.457. The standard InChI is InChI=1S/C15H15ClN2O4S/c1-8-14(23(17,20)21)7-13(22-8)15(19)18-12-5-2-9-6-10(16)3-4-11(9)12/h3-4,6-7,12H,2,5H2,1H3,(H,18,19)(H2,17,20,21)/t12-/m1/s1. The second-order valence-corrected chi connectivity index (χ2v) is 7.45. The number of aryl methyl sites for hydroxylation is 2. The first kappa shape index (κ1) is 16.0. The maximum absolute atomic E-state index is 12.3. The highest BCUT2D eigenvalue weighted by atomic mass is 35.5. The van der Waals surface area contributed by atoms with Gasteiger partial charge in [-0.05, 0) is 43.0 Å². The Hall–Kier alpha value is -1.83. The monoisotopic (exact) mass is 354 g/mol. The highest BCUT2D eigenvalue weighted by Crippen LogP contribution is 2.33. The Morgan fingerprint density at radius 3 is 2.78 bits per heavy atom. The molecule has 2 aromatic rings. The number of primary sulfonamides is 1. The number of nitrogens with two attached hydrogens (primary N) is 1. The van der Waals surface area contributed by atoms with Crippen LogP contribution in [0.1, 0.15) is 39.9 Å². The van der Waals surface area contributed by atoms with Crippen molar-refractivity contribution in [2.24, 2.45) is 5.14 Å². The average Bonchev–Trinajstić information content (AvgIpc) is 3.02. The number of benzene rings is 1. The zero-order valence-corrected chi connectivity index (χ0v) is 13.9. The number of rotatable bonds is 3. The number of amides is 1. The number of carbonyl (C=O) groups excluding carboxylic acids is 1. The van der Waals surface area contributed by atoms with Crippen LogP contribution in [-0.2, 0) is 16.4 Å². The first-order chi connectivity index (χ1) is 10.8. The van der Waals surface area contributed by atoms with Gasteiger partial charge in [-0.1, -0.05) is 17.7 Å². The van der Waals surface area contributed by atoms with E-state index in [0.717, 1.165) is 30.0 Å². The molecule has 23 heavy (non-hydrogen) atoms. The maximum Gasteiger partial charge on any atom is 0.287 e. The van der Waals surface area contributed by atoms with Crippen molar-refractivity contribution in [3.8, 4) is 0 Å². The summed E-state index contributed by atoms with van der Waals surface area (Å²) in [5.41, 5.74) is 2.11. The Morgan fingerprint density at radius 1 is 1.39 bits per heavy atom. The van der Waals surface area contributed by atoms with Crippen molar-refractivity contribution in [2.75, 3.05) is 0 Å². The van der Waals surface area contributed by atoms with Gasteiger partial charge >= 0.3 is 0 Å². The zero-order chi connectivity index (χ0) is 16.8. The second kappa shape index (κ2) is 5.67. The van der Waals surface area contributed by atoms with Crippen LogP contribution in [-0.4, -0.2) is 14.3 Å². The Kier molecular flexibility index (Phi) is 3.95. The second-order valence-electron chi connectivity index (χ2n) is 5.48. The summed E-state index contributed by atoms with van der Waals surface area (Å²) in [6, 6.07) is 6.55. The summed E-state index contributed by atoms with van der Waals surface area (Å²) < 4.78 is 28.0. The molecule has 3 rings (SSSR count). The topological polar surface area (TPSA) is 102 Å². The van der Waals surface area contributed by atoms with Crippen molar-refractivity contribution in [1.29, 1.82) is 0 Å². The molecule has 1 amide bonds. The number of furan rings is 1. The summed E-state index contributed by atoms with van der Waals surface area (Å²) in [6.07, 6.45) is 1.57. The van der Waals surface area contributed by atoms with Gasteiger partial charge in [0.25, 0.3) is 5.91 Å². The van der Waals surface area contributed by atoms with Crippen LogP contribution < -0.4 is 10.5 Å². The molecule has 122 valence electrons. The third kappa shape index (κ3) is 3.12. The number of nitrogens with one attached hydrogen (secondary N) is 1. The fraction of sp³-hybridized carbons (Fsp3) is 0.267. The Balaban J connectivity index is 1.82. The summed E-state index contributed by atoms with van der Waals surface area (Å²) in [4.78, 5) is 12.1. The molecule has 1 atom stereocenters. The van der Waals surface area contributed by atoms with Crippen LogP contribution in [0.4, 0.5) is 0 Å². The molecular weight excluding hydrogens is 340 g/mol. The number of halogens is 1. The molecule has 0 aliphatic heterocycles. The van der Waals surface area contributed by atoms with E-state index in [1.807, 2.05) is 12.1 Å². The molecule has 1 heterocycles. The fourth-order valence-electron chi connectivity index (χ4n) is 2.83. The first-order valence-electron chi connectivity index (χ1n) is 6.98. The van der Waals surface area contributed by atoms with Crippen LogP contribution >= 0.6 is 11.6 Å². The van der Waals surface area contributed by atoms with E-state index in [0.29, 0.717) is 5.02 Å². The number of fused-ring (bicyclic) bond motifs is 1. The molecule has 0 saturated carbocycles. The predicted molar refractivity (Wildman–Crippen MR) is 84.8 cm³/mol. The SMILES string of the molecule is Cc1oc(C(=O)N[C@@H]2CCc3cc(Cl)ccc32)cc1S(N)(=O)=O. The lowest BCUT2D eigenvalue weighted by Gasteiger charge is -2.13. The minimum atomic E-state index is -3.92. The molecule has 1 aliphatic carbocycles. The van der Waals surface area contributed by atoms with E-state index in [2.05, 4.69) is 5.32 Å². The van der Waals surface area contributed by atoms with Crippen LogP contribution in [0.25, 0.3) is 0 Å². The first-order valence-corrected chi connectivity index (χ1v) is 8.90. The van der Waals surface area contributed by atoms with Crippen molar-refractivity contribution in [3.63, 3.8) is 0 Å². The highest BCUT2D eigenvalue weighted by molar-refractivity contribution is 7.89. The Morgan fingerprint density at radius 2 is 2.13 bits per heavy atom. The zero-order valence-electron chi connectivity index (χ0n) is 12.3. The van der Waals surface area contributed by atoms with Gasteiger partial charge in [-0.2, -0.15) is 0 Å². The van der Waals surface area contributed by atoms with Gasteiger partial charge in [-0.3, -0.25) is 4.79 Å². The summed E-state index contributed by atoms with van der Waals surface area (Å²) in [7, 11) is -3.92. The molecule has 0 fully saturated rings. The van der Waals surface area contributed by atoms with Gasteiger partial charge in [0.1, 0.15) is 10.7 Å². The van der Waals surface area contributed by atoms with Gasteiger partial charge in [-0.15, -0.1) is 0 Å². The molecule has 6 nitrogen and oxygen atoms in total. The quantitative estimate of drug-likeness (QED) is 0.882. The highest BCUT2D eigenvalue weighted by Gasteiger charge is 2.27. The van der Waals surface area contributed by atoms with Crippen LogP contribution in [0.15, 0.2) is 33.6 Å². The van der Waals surface area contributed by atoms with E-state index in [1.165, 1.54) is 6.92 Å². The lowest BCUT2D eigenvalue weighted by atomic mass is 10.1. The molecule has 0 radical (unpaired) electrons. The van der Waals surface area contributed by atoms with E-state index in [9.17, 15) is 13.2 Å². The number of carbonyl (C=O) groups is 1. The van der Waals surface area contributed by atoms with E-state index < -0.39 is 15.9 Å².